The lowest BCUT2D eigenvalue weighted by Crippen LogP contribution is -1.92. The van der Waals surface area contributed by atoms with Crippen LogP contribution in [0.25, 0.3) is 10.8 Å². The van der Waals surface area contributed by atoms with Crippen molar-refractivity contribution in [2.75, 3.05) is 21.3 Å². The van der Waals surface area contributed by atoms with Crippen molar-refractivity contribution in [1.29, 1.82) is 0 Å². The molecule has 0 heterocycles. The van der Waals surface area contributed by atoms with Crippen LogP contribution in [-0.4, -0.2) is 26.4 Å². The molecule has 2 aromatic carbocycles. The Bertz CT molecular complexity index is 549. The summed E-state index contributed by atoms with van der Waals surface area (Å²) in [4.78, 5) is 0. The molecule has 0 amide bonds. The molecule has 90 valence electrons. The topological polar surface area (TPSA) is 47.9 Å². The van der Waals surface area contributed by atoms with Gasteiger partial charge in [0.1, 0.15) is 0 Å². The lowest BCUT2D eigenvalue weighted by Gasteiger charge is -2.12. The molecule has 4 heteroatoms. The highest BCUT2D eigenvalue weighted by molar-refractivity contribution is 5.96. The molecule has 0 atom stereocenters. The minimum Gasteiger partial charge on any atom is -0.504 e. The summed E-state index contributed by atoms with van der Waals surface area (Å²) in [5, 5.41) is 11.5. The van der Waals surface area contributed by atoms with Crippen molar-refractivity contribution in [3.8, 4) is 23.0 Å². The van der Waals surface area contributed by atoms with Gasteiger partial charge in [-0.25, -0.2) is 0 Å². The molecule has 0 aliphatic rings. The number of hydrogen-bond acceptors (Lipinski definition) is 4. The van der Waals surface area contributed by atoms with Crippen LogP contribution in [0.2, 0.25) is 0 Å². The molecule has 1 N–H and O–H groups in total. The average molecular weight is 234 g/mol. The van der Waals surface area contributed by atoms with Gasteiger partial charge >= 0.3 is 0 Å². The van der Waals surface area contributed by atoms with Gasteiger partial charge in [0.05, 0.1) is 21.3 Å². The van der Waals surface area contributed by atoms with Crippen molar-refractivity contribution in [3.05, 3.63) is 24.3 Å². The van der Waals surface area contributed by atoms with Crippen molar-refractivity contribution in [1.82, 2.24) is 0 Å². The Balaban J connectivity index is 2.79. The minimum absolute atomic E-state index is 0.103. The molecule has 0 aliphatic heterocycles. The standard InChI is InChI=1S/C13H14O4/c1-15-10-6-5-9-8(12(10)14)4-7-11(16-2)13(9)17-3/h4-7,14H,1-3H3. The predicted molar refractivity (Wildman–Crippen MR) is 65.3 cm³/mol. The number of hydrogen-bond donors (Lipinski definition) is 1. The number of rotatable bonds is 3. The third-order valence-electron chi connectivity index (χ3n) is 2.69. The van der Waals surface area contributed by atoms with Gasteiger partial charge < -0.3 is 19.3 Å². The van der Waals surface area contributed by atoms with Gasteiger partial charge in [-0.2, -0.15) is 0 Å². The summed E-state index contributed by atoms with van der Waals surface area (Å²) in [7, 11) is 4.66. The number of benzene rings is 2. The van der Waals surface area contributed by atoms with Gasteiger partial charge in [0.25, 0.3) is 0 Å². The van der Waals surface area contributed by atoms with E-state index in [1.807, 2.05) is 6.07 Å². The number of ether oxygens (including phenoxy) is 3. The molecule has 4 nitrogen and oxygen atoms in total. The largest absolute Gasteiger partial charge is 0.504 e. The monoisotopic (exact) mass is 234 g/mol. The molecule has 0 radical (unpaired) electrons. The number of methoxy groups -OCH3 is 3. The molecule has 0 saturated heterocycles. The van der Waals surface area contributed by atoms with Gasteiger partial charge in [0, 0.05) is 10.8 Å². The van der Waals surface area contributed by atoms with Crippen LogP contribution >= 0.6 is 0 Å². The first-order valence-electron chi connectivity index (χ1n) is 5.13. The fourth-order valence-corrected chi connectivity index (χ4v) is 1.86. The summed E-state index contributed by atoms with van der Waals surface area (Å²) in [6.07, 6.45) is 0. The van der Waals surface area contributed by atoms with Gasteiger partial charge in [-0.1, -0.05) is 0 Å². The van der Waals surface area contributed by atoms with Crippen molar-refractivity contribution < 1.29 is 19.3 Å². The summed E-state index contributed by atoms with van der Waals surface area (Å²) < 4.78 is 15.6. The van der Waals surface area contributed by atoms with Crippen molar-refractivity contribution in [2.24, 2.45) is 0 Å². The van der Waals surface area contributed by atoms with Crippen molar-refractivity contribution in [2.45, 2.75) is 0 Å². The molecular formula is C13H14O4. The van der Waals surface area contributed by atoms with E-state index in [9.17, 15) is 5.11 Å². The zero-order valence-electron chi connectivity index (χ0n) is 9.98. The molecular weight excluding hydrogens is 220 g/mol. The van der Waals surface area contributed by atoms with E-state index in [1.165, 1.54) is 7.11 Å². The van der Waals surface area contributed by atoms with E-state index in [0.717, 1.165) is 5.39 Å². The lowest BCUT2D eigenvalue weighted by molar-refractivity contribution is 0.357. The normalized spacial score (nSPS) is 10.3. The minimum atomic E-state index is 0.103. The van der Waals surface area contributed by atoms with Gasteiger partial charge in [-0.05, 0) is 24.3 Å². The summed E-state index contributed by atoms with van der Waals surface area (Å²) in [6, 6.07) is 7.05. The van der Waals surface area contributed by atoms with Gasteiger partial charge in [-0.15, -0.1) is 0 Å². The quantitative estimate of drug-likeness (QED) is 0.886. The van der Waals surface area contributed by atoms with Crippen LogP contribution in [0.15, 0.2) is 24.3 Å². The Kier molecular flexibility index (Phi) is 2.95. The van der Waals surface area contributed by atoms with E-state index in [1.54, 1.807) is 32.4 Å². The van der Waals surface area contributed by atoms with E-state index in [0.29, 0.717) is 22.6 Å². The van der Waals surface area contributed by atoms with E-state index in [4.69, 9.17) is 14.2 Å². The Morgan fingerprint density at radius 1 is 0.765 bits per heavy atom. The molecule has 0 aliphatic carbocycles. The van der Waals surface area contributed by atoms with E-state index in [-0.39, 0.29) is 5.75 Å². The van der Waals surface area contributed by atoms with Crippen molar-refractivity contribution >= 4 is 10.8 Å². The Labute approximate surface area is 99.3 Å². The summed E-state index contributed by atoms with van der Waals surface area (Å²) in [5.74, 6) is 1.77. The fraction of sp³-hybridized carbons (Fsp3) is 0.231. The second-order valence-corrected chi connectivity index (χ2v) is 3.51. The molecule has 0 bridgehead atoms. The average Bonchev–Trinajstić information content (AvgIpc) is 2.37. The SMILES string of the molecule is COc1ccc2c(OC)c(OC)ccc2c1O. The maximum absolute atomic E-state index is 10.0. The first-order valence-corrected chi connectivity index (χ1v) is 5.13. The predicted octanol–water partition coefficient (Wildman–Crippen LogP) is 2.57. The fourth-order valence-electron chi connectivity index (χ4n) is 1.86. The highest BCUT2D eigenvalue weighted by Crippen LogP contribution is 2.42. The van der Waals surface area contributed by atoms with Crippen LogP contribution in [-0.2, 0) is 0 Å². The molecule has 0 saturated carbocycles. The third-order valence-corrected chi connectivity index (χ3v) is 2.69. The maximum Gasteiger partial charge on any atom is 0.168 e. The van der Waals surface area contributed by atoms with Crippen LogP contribution in [0.4, 0.5) is 0 Å². The highest BCUT2D eigenvalue weighted by Gasteiger charge is 2.13. The maximum atomic E-state index is 10.0. The van der Waals surface area contributed by atoms with Gasteiger partial charge in [0.2, 0.25) is 0 Å². The number of aromatic hydroxyl groups is 1. The lowest BCUT2D eigenvalue weighted by atomic mass is 10.1. The summed E-state index contributed by atoms with van der Waals surface area (Å²) in [5.41, 5.74) is 0. The third kappa shape index (κ3) is 1.71. The Morgan fingerprint density at radius 2 is 1.35 bits per heavy atom. The zero-order valence-corrected chi connectivity index (χ0v) is 9.98. The molecule has 0 aromatic heterocycles. The second-order valence-electron chi connectivity index (χ2n) is 3.51. The first-order chi connectivity index (χ1) is 8.22. The van der Waals surface area contributed by atoms with Gasteiger partial charge in [0.15, 0.2) is 23.0 Å². The molecule has 2 rings (SSSR count). The first kappa shape index (κ1) is 11.4. The smallest absolute Gasteiger partial charge is 0.168 e. The van der Waals surface area contributed by atoms with Crippen LogP contribution in [0.3, 0.4) is 0 Å². The van der Waals surface area contributed by atoms with Crippen LogP contribution in [0.5, 0.6) is 23.0 Å². The summed E-state index contributed by atoms with van der Waals surface area (Å²) >= 11 is 0. The summed E-state index contributed by atoms with van der Waals surface area (Å²) in [6.45, 7) is 0. The van der Waals surface area contributed by atoms with Crippen LogP contribution < -0.4 is 14.2 Å². The molecule has 17 heavy (non-hydrogen) atoms. The van der Waals surface area contributed by atoms with Crippen molar-refractivity contribution in [3.63, 3.8) is 0 Å². The van der Waals surface area contributed by atoms with E-state index in [2.05, 4.69) is 0 Å². The Morgan fingerprint density at radius 3 is 1.94 bits per heavy atom. The number of phenols is 1. The number of fused-ring (bicyclic) bond motifs is 1. The molecule has 0 spiro atoms. The molecule has 0 unspecified atom stereocenters. The van der Waals surface area contributed by atoms with Crippen LogP contribution in [0, 0.1) is 0 Å². The van der Waals surface area contributed by atoms with Crippen LogP contribution in [0.1, 0.15) is 0 Å². The molecule has 2 aromatic rings. The number of phenolic OH excluding ortho intramolecular Hbond substituents is 1. The molecule has 0 fully saturated rings. The van der Waals surface area contributed by atoms with E-state index >= 15 is 0 Å². The van der Waals surface area contributed by atoms with Gasteiger partial charge in [-0.3, -0.25) is 0 Å². The zero-order chi connectivity index (χ0) is 12.4. The Hall–Kier alpha value is -2.10. The second kappa shape index (κ2) is 4.41. The van der Waals surface area contributed by atoms with E-state index < -0.39 is 0 Å². The highest BCUT2D eigenvalue weighted by atomic mass is 16.5.